The number of halogens is 1. The van der Waals surface area contributed by atoms with Crippen molar-refractivity contribution < 1.29 is 13.9 Å². The van der Waals surface area contributed by atoms with Crippen LogP contribution in [0.15, 0.2) is 102 Å². The minimum absolute atomic E-state index is 0.170. The lowest BCUT2D eigenvalue weighted by Crippen LogP contribution is -2.35. The number of carbonyl (C=O) groups is 1. The normalized spacial score (nSPS) is 20.7. The molecule has 1 aromatic carbocycles. The summed E-state index contributed by atoms with van der Waals surface area (Å²) < 4.78 is 21.5. The molecule has 1 amide bonds. The second-order valence-corrected chi connectivity index (χ2v) is 12.0. The van der Waals surface area contributed by atoms with E-state index in [0.717, 1.165) is 18.7 Å². The number of carbonyl (C=O) groups excluding carboxylic acids is 1. The number of likely N-dealkylation sites (tertiary alicyclic amines) is 1. The number of allylic oxidation sites excluding steroid dienone is 4. The first-order valence-corrected chi connectivity index (χ1v) is 14.8. The predicted octanol–water partition coefficient (Wildman–Crippen LogP) is 4.90. The van der Waals surface area contributed by atoms with E-state index in [1.165, 1.54) is 12.4 Å². The number of benzene rings is 1. The number of anilines is 1. The third-order valence-electron chi connectivity index (χ3n) is 7.38. The Balaban J connectivity index is 1.24. The van der Waals surface area contributed by atoms with Crippen molar-refractivity contribution >= 4 is 17.3 Å². The largest absolute Gasteiger partial charge is 0.493 e. The Hall–Kier alpha value is -4.70. The number of pyridine rings is 1. The van der Waals surface area contributed by atoms with Gasteiger partial charge in [-0.05, 0) is 41.9 Å². The number of nitrogens with one attached hydrogen (secondary N) is 3. The van der Waals surface area contributed by atoms with E-state index in [-0.39, 0.29) is 16.9 Å². The summed E-state index contributed by atoms with van der Waals surface area (Å²) in [5.41, 5.74) is 2.97. The smallest absolute Gasteiger partial charge is 0.258 e. The van der Waals surface area contributed by atoms with Gasteiger partial charge in [-0.2, -0.15) is 5.10 Å². The number of aromatic amines is 1. The van der Waals surface area contributed by atoms with Crippen molar-refractivity contribution in [2.45, 2.75) is 33.0 Å². The quantitative estimate of drug-likeness (QED) is 0.307. The highest BCUT2D eigenvalue weighted by Gasteiger charge is 2.28. The van der Waals surface area contributed by atoms with Crippen LogP contribution in [0.1, 0.15) is 41.8 Å². The third-order valence-corrected chi connectivity index (χ3v) is 7.38. The Morgan fingerprint density at radius 3 is 2.84 bits per heavy atom. The molecule has 0 saturated carbocycles. The molecule has 9 nitrogen and oxygen atoms in total. The maximum atomic E-state index is 13.6. The second-order valence-electron chi connectivity index (χ2n) is 12.0. The highest BCUT2D eigenvalue weighted by atomic mass is 19.1. The van der Waals surface area contributed by atoms with Crippen molar-refractivity contribution in [3.63, 3.8) is 0 Å². The van der Waals surface area contributed by atoms with Gasteiger partial charge in [0.05, 0.1) is 36.2 Å². The SMILES string of the molecule is C=C1/C=C(/c2cc(NC(=O)c3cnn(Cc4ccccc4)c3)c[nH]c2=O)NC/C=C\C(OCC(C)(C)CN2CC[C@@H](F)C2)=C/1. The van der Waals surface area contributed by atoms with Gasteiger partial charge in [0, 0.05) is 49.7 Å². The number of rotatable bonds is 10. The number of nitrogens with zero attached hydrogens (tertiary/aromatic N) is 3. The number of aromatic nitrogens is 3. The van der Waals surface area contributed by atoms with Crippen LogP contribution >= 0.6 is 0 Å². The van der Waals surface area contributed by atoms with Crippen LogP contribution in [0.3, 0.4) is 0 Å². The van der Waals surface area contributed by atoms with Crippen molar-refractivity contribution in [3.05, 3.63) is 124 Å². The number of H-pyrrole nitrogens is 1. The fraction of sp³-hybridized carbons (Fsp3) is 0.324. The van der Waals surface area contributed by atoms with Gasteiger partial charge in [-0.25, -0.2) is 4.39 Å². The van der Waals surface area contributed by atoms with Crippen LogP contribution in [0.4, 0.5) is 10.1 Å². The Morgan fingerprint density at radius 1 is 1.25 bits per heavy atom. The lowest BCUT2D eigenvalue weighted by atomic mass is 9.94. The van der Waals surface area contributed by atoms with E-state index in [1.807, 2.05) is 48.6 Å². The molecule has 44 heavy (non-hydrogen) atoms. The molecule has 5 rings (SSSR count). The highest BCUT2D eigenvalue weighted by molar-refractivity contribution is 6.04. The van der Waals surface area contributed by atoms with Gasteiger partial charge in [0.25, 0.3) is 11.5 Å². The Labute approximate surface area is 256 Å². The van der Waals surface area contributed by atoms with Crippen LogP contribution < -0.4 is 16.2 Å². The summed E-state index contributed by atoms with van der Waals surface area (Å²) in [7, 11) is 0. The first kappa shape index (κ1) is 30.7. The third kappa shape index (κ3) is 8.44. The van der Waals surface area contributed by atoms with Gasteiger partial charge in [0.1, 0.15) is 11.9 Å². The molecule has 230 valence electrons. The molecular formula is C34H39FN6O3. The molecule has 0 bridgehead atoms. The molecule has 10 heteroatoms. The Bertz CT molecular complexity index is 1640. The minimum atomic E-state index is -0.747. The van der Waals surface area contributed by atoms with Gasteiger partial charge in [-0.15, -0.1) is 0 Å². The van der Waals surface area contributed by atoms with Gasteiger partial charge >= 0.3 is 0 Å². The summed E-state index contributed by atoms with van der Waals surface area (Å²) in [4.78, 5) is 30.7. The van der Waals surface area contributed by atoms with E-state index in [2.05, 4.69) is 46.0 Å². The number of hydrogen-bond acceptors (Lipinski definition) is 6. The molecule has 3 aromatic rings. The molecule has 0 spiro atoms. The number of hydrogen-bond donors (Lipinski definition) is 3. The fourth-order valence-corrected chi connectivity index (χ4v) is 5.27. The summed E-state index contributed by atoms with van der Waals surface area (Å²) in [6.45, 7) is 11.8. The van der Waals surface area contributed by atoms with Gasteiger partial charge in [0.15, 0.2) is 0 Å². The lowest BCUT2D eigenvalue weighted by Gasteiger charge is -2.30. The van der Waals surface area contributed by atoms with E-state index >= 15 is 0 Å². The summed E-state index contributed by atoms with van der Waals surface area (Å²) in [6.07, 6.45) is 11.9. The molecular weight excluding hydrogens is 559 g/mol. The van der Waals surface area contributed by atoms with Crippen molar-refractivity contribution in [1.82, 2.24) is 25.0 Å². The lowest BCUT2D eigenvalue weighted by molar-refractivity contribution is 0.0878. The highest BCUT2D eigenvalue weighted by Crippen LogP contribution is 2.24. The van der Waals surface area contributed by atoms with Crippen molar-refractivity contribution in [2.24, 2.45) is 5.41 Å². The van der Waals surface area contributed by atoms with Crippen molar-refractivity contribution in [2.75, 3.05) is 38.1 Å². The molecule has 1 fully saturated rings. The summed E-state index contributed by atoms with van der Waals surface area (Å²) in [5.74, 6) is 0.308. The molecule has 0 radical (unpaired) electrons. The van der Waals surface area contributed by atoms with E-state index < -0.39 is 6.17 Å². The molecule has 2 aliphatic heterocycles. The van der Waals surface area contributed by atoms with Gasteiger partial charge in [-0.1, -0.05) is 56.8 Å². The van der Waals surface area contributed by atoms with E-state index in [4.69, 9.17) is 4.74 Å². The molecule has 1 atom stereocenters. The maximum absolute atomic E-state index is 13.6. The minimum Gasteiger partial charge on any atom is -0.493 e. The van der Waals surface area contributed by atoms with E-state index in [9.17, 15) is 14.0 Å². The van der Waals surface area contributed by atoms with Crippen LogP contribution in [-0.4, -0.2) is 64.5 Å². The fourth-order valence-electron chi connectivity index (χ4n) is 5.27. The predicted molar refractivity (Wildman–Crippen MR) is 171 cm³/mol. The van der Waals surface area contributed by atoms with Crippen LogP contribution in [0.25, 0.3) is 5.70 Å². The molecule has 0 unspecified atom stereocenters. The molecule has 1 saturated heterocycles. The van der Waals surface area contributed by atoms with Crippen molar-refractivity contribution in [3.8, 4) is 0 Å². The molecule has 4 heterocycles. The monoisotopic (exact) mass is 598 g/mol. The van der Waals surface area contributed by atoms with Crippen LogP contribution in [0, 0.1) is 5.41 Å². The standard InChI is InChI=1S/C34H39FN6O3/c1-24-14-29(44-23-34(2,3)22-40-13-11-27(35)21-40)10-7-12-36-31(15-24)30-16-28(18-37-33(30)43)39-32(42)26-17-38-41(20-26)19-25-8-5-4-6-9-25/h4-10,14-18,20,27,36H,1,11-13,19,21-23H2,2-3H3,(H,37,43)(H,39,42)/b10-7-,29-14+,31-15-/t27-/m1/s1. The van der Waals surface area contributed by atoms with E-state index in [1.54, 1.807) is 23.0 Å². The molecule has 2 aromatic heterocycles. The zero-order valence-corrected chi connectivity index (χ0v) is 25.2. The average Bonchev–Trinajstić information content (AvgIpc) is 3.64. The number of ether oxygens (including phenoxy) is 1. The Morgan fingerprint density at radius 2 is 2.07 bits per heavy atom. The van der Waals surface area contributed by atoms with Gasteiger partial charge in [0.2, 0.25) is 0 Å². The topological polar surface area (TPSA) is 104 Å². The second kappa shape index (κ2) is 13.7. The van der Waals surface area contributed by atoms with Crippen molar-refractivity contribution in [1.29, 1.82) is 0 Å². The first-order valence-electron chi connectivity index (χ1n) is 14.8. The summed E-state index contributed by atoms with van der Waals surface area (Å²) >= 11 is 0. The van der Waals surface area contributed by atoms with Crippen LogP contribution in [-0.2, 0) is 11.3 Å². The zero-order valence-electron chi connectivity index (χ0n) is 25.2. The van der Waals surface area contributed by atoms with Gasteiger partial charge in [-0.3, -0.25) is 19.2 Å². The maximum Gasteiger partial charge on any atom is 0.258 e. The van der Waals surface area contributed by atoms with Crippen LogP contribution in [0.2, 0.25) is 0 Å². The Kier molecular flexibility index (Phi) is 9.59. The first-order chi connectivity index (χ1) is 21.1. The molecule has 2 aliphatic rings. The number of amides is 1. The number of alkyl halides is 1. The average molecular weight is 599 g/mol. The van der Waals surface area contributed by atoms with Gasteiger partial charge < -0.3 is 20.4 Å². The summed E-state index contributed by atoms with van der Waals surface area (Å²) in [6, 6.07) is 11.5. The molecule has 3 N–H and O–H groups in total. The summed E-state index contributed by atoms with van der Waals surface area (Å²) in [5, 5.41) is 10.4. The van der Waals surface area contributed by atoms with Crippen LogP contribution in [0.5, 0.6) is 0 Å². The van der Waals surface area contributed by atoms with E-state index in [0.29, 0.717) is 66.5 Å². The molecule has 0 aliphatic carbocycles. The zero-order chi connectivity index (χ0) is 31.1.